The Morgan fingerprint density at radius 2 is 1.92 bits per heavy atom. The maximum Gasteiger partial charge on any atom is 0.191 e. The number of morpholine rings is 1. The zero-order valence-corrected chi connectivity index (χ0v) is 16.2. The molecule has 2 N–H and O–H groups in total. The third-order valence-electron chi connectivity index (χ3n) is 5.40. The van der Waals surface area contributed by atoms with Crippen LogP contribution in [0.2, 0.25) is 0 Å². The lowest BCUT2D eigenvalue weighted by Gasteiger charge is -2.34. The number of fused-ring (bicyclic) bond motifs is 1. The predicted molar refractivity (Wildman–Crippen MR) is 107 cm³/mol. The van der Waals surface area contributed by atoms with Crippen LogP contribution >= 0.6 is 0 Å². The van der Waals surface area contributed by atoms with Crippen LogP contribution in [0.1, 0.15) is 18.1 Å². The van der Waals surface area contributed by atoms with Crippen molar-refractivity contribution >= 4 is 5.96 Å². The first kappa shape index (κ1) is 19.1. The molecule has 0 radical (unpaired) electrons. The Bertz CT molecular complexity index is 585. The van der Waals surface area contributed by atoms with Crippen LogP contribution in [-0.2, 0) is 17.7 Å². The van der Waals surface area contributed by atoms with Gasteiger partial charge in [-0.15, -0.1) is 0 Å². The fourth-order valence-corrected chi connectivity index (χ4v) is 3.65. The topological polar surface area (TPSA) is 52.1 Å². The molecule has 0 saturated carbocycles. The molecule has 6 nitrogen and oxygen atoms in total. The fraction of sp³-hybridized carbons (Fsp3) is 0.650. The molecule has 1 saturated heterocycles. The van der Waals surface area contributed by atoms with E-state index >= 15 is 0 Å². The molecule has 144 valence electrons. The van der Waals surface area contributed by atoms with E-state index in [1.54, 1.807) is 0 Å². The maximum atomic E-state index is 5.39. The minimum absolute atomic E-state index is 0.473. The SMILES string of the molecule is CN=C(NCCN1CCOCC1)NCC(C)N1CCc2ccccc2C1. The number of hydrogen-bond donors (Lipinski definition) is 2. The van der Waals surface area contributed by atoms with Gasteiger partial charge in [0.15, 0.2) is 5.96 Å². The molecule has 0 bridgehead atoms. The van der Waals surface area contributed by atoms with E-state index in [0.29, 0.717) is 6.04 Å². The smallest absolute Gasteiger partial charge is 0.191 e. The van der Waals surface area contributed by atoms with Crippen molar-refractivity contribution in [2.75, 3.05) is 59.5 Å². The number of rotatable bonds is 6. The van der Waals surface area contributed by atoms with Gasteiger partial charge in [0, 0.05) is 58.9 Å². The summed E-state index contributed by atoms with van der Waals surface area (Å²) in [6.45, 7) is 11.1. The number of ether oxygens (including phenoxy) is 1. The van der Waals surface area contributed by atoms with Crippen LogP contribution in [0.15, 0.2) is 29.3 Å². The van der Waals surface area contributed by atoms with Gasteiger partial charge in [-0.05, 0) is 24.5 Å². The number of nitrogens with zero attached hydrogens (tertiary/aromatic N) is 3. The van der Waals surface area contributed by atoms with Crippen molar-refractivity contribution in [3.63, 3.8) is 0 Å². The molecule has 2 aliphatic rings. The van der Waals surface area contributed by atoms with E-state index < -0.39 is 0 Å². The minimum atomic E-state index is 0.473. The lowest BCUT2D eigenvalue weighted by Crippen LogP contribution is -2.48. The van der Waals surface area contributed by atoms with Crippen LogP contribution in [0, 0.1) is 0 Å². The van der Waals surface area contributed by atoms with E-state index in [2.05, 4.69) is 56.6 Å². The van der Waals surface area contributed by atoms with Gasteiger partial charge >= 0.3 is 0 Å². The lowest BCUT2D eigenvalue weighted by molar-refractivity contribution is 0.0389. The summed E-state index contributed by atoms with van der Waals surface area (Å²) in [7, 11) is 1.84. The van der Waals surface area contributed by atoms with E-state index in [-0.39, 0.29) is 0 Å². The maximum absolute atomic E-state index is 5.39. The Hall–Kier alpha value is -1.63. The number of guanidine groups is 1. The number of aliphatic imine (C=N–C) groups is 1. The number of benzene rings is 1. The van der Waals surface area contributed by atoms with Crippen LogP contribution in [0.5, 0.6) is 0 Å². The van der Waals surface area contributed by atoms with Gasteiger partial charge in [0.2, 0.25) is 0 Å². The van der Waals surface area contributed by atoms with Crippen molar-refractivity contribution < 1.29 is 4.74 Å². The summed E-state index contributed by atoms with van der Waals surface area (Å²) in [4.78, 5) is 9.34. The molecule has 1 aromatic carbocycles. The molecule has 2 aliphatic heterocycles. The number of hydrogen-bond acceptors (Lipinski definition) is 4. The monoisotopic (exact) mass is 359 g/mol. The van der Waals surface area contributed by atoms with Crippen LogP contribution in [0.3, 0.4) is 0 Å². The van der Waals surface area contributed by atoms with Crippen LogP contribution in [0.25, 0.3) is 0 Å². The summed E-state index contributed by atoms with van der Waals surface area (Å²) in [5.74, 6) is 0.891. The molecule has 0 aromatic heterocycles. The van der Waals surface area contributed by atoms with Gasteiger partial charge in [0.05, 0.1) is 13.2 Å². The Morgan fingerprint density at radius 1 is 1.15 bits per heavy atom. The molecule has 0 aliphatic carbocycles. The van der Waals surface area contributed by atoms with Gasteiger partial charge in [-0.1, -0.05) is 24.3 Å². The molecular formula is C20H33N5O. The van der Waals surface area contributed by atoms with Crippen LogP contribution in [0.4, 0.5) is 0 Å². The Balaban J connectivity index is 1.38. The molecule has 0 spiro atoms. The van der Waals surface area contributed by atoms with E-state index in [1.165, 1.54) is 11.1 Å². The first-order valence-corrected chi connectivity index (χ1v) is 9.81. The second-order valence-electron chi connectivity index (χ2n) is 7.17. The van der Waals surface area contributed by atoms with Gasteiger partial charge in [-0.3, -0.25) is 14.8 Å². The van der Waals surface area contributed by atoms with Crippen molar-refractivity contribution in [3.05, 3.63) is 35.4 Å². The summed E-state index contributed by atoms with van der Waals surface area (Å²) >= 11 is 0. The second kappa shape index (κ2) is 9.90. The van der Waals surface area contributed by atoms with Crippen LogP contribution < -0.4 is 10.6 Å². The van der Waals surface area contributed by atoms with Gasteiger partial charge in [-0.25, -0.2) is 0 Å². The van der Waals surface area contributed by atoms with Gasteiger partial charge < -0.3 is 15.4 Å². The van der Waals surface area contributed by atoms with Crippen molar-refractivity contribution in [1.29, 1.82) is 0 Å². The van der Waals surface area contributed by atoms with Crippen molar-refractivity contribution in [2.24, 2.45) is 4.99 Å². The fourth-order valence-electron chi connectivity index (χ4n) is 3.65. The highest BCUT2D eigenvalue weighted by Gasteiger charge is 2.20. The first-order valence-electron chi connectivity index (χ1n) is 9.81. The molecule has 1 unspecified atom stereocenters. The molecule has 26 heavy (non-hydrogen) atoms. The zero-order chi connectivity index (χ0) is 18.2. The molecule has 1 aromatic rings. The van der Waals surface area contributed by atoms with Gasteiger partial charge in [-0.2, -0.15) is 0 Å². The quantitative estimate of drug-likeness (QED) is 0.585. The van der Waals surface area contributed by atoms with Crippen molar-refractivity contribution in [1.82, 2.24) is 20.4 Å². The van der Waals surface area contributed by atoms with Crippen LogP contribution in [-0.4, -0.2) is 81.3 Å². The molecule has 6 heteroatoms. The molecule has 1 atom stereocenters. The Kier molecular flexibility index (Phi) is 7.29. The first-order chi connectivity index (χ1) is 12.8. The largest absolute Gasteiger partial charge is 0.379 e. The lowest BCUT2D eigenvalue weighted by atomic mass is 9.99. The Morgan fingerprint density at radius 3 is 2.69 bits per heavy atom. The molecule has 2 heterocycles. The molecule has 0 amide bonds. The summed E-state index contributed by atoms with van der Waals surface area (Å²) in [6.07, 6.45) is 1.15. The zero-order valence-electron chi connectivity index (χ0n) is 16.2. The summed E-state index contributed by atoms with van der Waals surface area (Å²) in [5.41, 5.74) is 2.98. The second-order valence-corrected chi connectivity index (χ2v) is 7.17. The Labute approximate surface area is 157 Å². The average molecular weight is 360 g/mol. The van der Waals surface area contributed by atoms with Crippen molar-refractivity contribution in [2.45, 2.75) is 25.9 Å². The van der Waals surface area contributed by atoms with Gasteiger partial charge in [0.25, 0.3) is 0 Å². The summed E-state index contributed by atoms with van der Waals surface area (Å²) in [6, 6.07) is 9.28. The third kappa shape index (κ3) is 5.43. The average Bonchev–Trinajstić information content (AvgIpc) is 2.70. The normalized spacial score (nSPS) is 20.5. The summed E-state index contributed by atoms with van der Waals surface area (Å²) < 4.78 is 5.39. The highest BCUT2D eigenvalue weighted by Crippen LogP contribution is 2.19. The molecule has 1 fully saturated rings. The highest BCUT2D eigenvalue weighted by molar-refractivity contribution is 5.79. The molecule has 3 rings (SSSR count). The van der Waals surface area contributed by atoms with Crippen molar-refractivity contribution in [3.8, 4) is 0 Å². The standard InChI is InChI=1S/C20H33N5O/c1-17(25-9-7-18-5-3-4-6-19(18)16-25)15-23-20(21-2)22-8-10-24-11-13-26-14-12-24/h3-6,17H,7-16H2,1-2H3,(H2,21,22,23). The van der Waals surface area contributed by atoms with E-state index in [0.717, 1.165) is 71.4 Å². The number of nitrogens with one attached hydrogen (secondary N) is 2. The predicted octanol–water partition coefficient (Wildman–Crippen LogP) is 0.930. The van der Waals surface area contributed by atoms with Gasteiger partial charge in [0.1, 0.15) is 0 Å². The summed E-state index contributed by atoms with van der Waals surface area (Å²) in [5, 5.41) is 6.91. The van der Waals surface area contributed by atoms with E-state index in [1.807, 2.05) is 7.05 Å². The highest BCUT2D eigenvalue weighted by atomic mass is 16.5. The third-order valence-corrected chi connectivity index (χ3v) is 5.40. The minimum Gasteiger partial charge on any atom is -0.379 e. The van der Waals surface area contributed by atoms with E-state index in [4.69, 9.17) is 4.74 Å². The van der Waals surface area contributed by atoms with E-state index in [9.17, 15) is 0 Å². The molecular weight excluding hydrogens is 326 g/mol.